The summed E-state index contributed by atoms with van der Waals surface area (Å²) in [5.74, 6) is 2.75. The van der Waals surface area contributed by atoms with Crippen molar-refractivity contribution in [1.29, 1.82) is 0 Å². The van der Waals surface area contributed by atoms with Gasteiger partial charge in [0, 0.05) is 24.0 Å². The predicted octanol–water partition coefficient (Wildman–Crippen LogP) is 5.23. The van der Waals surface area contributed by atoms with Crippen molar-refractivity contribution in [2.24, 2.45) is 17.8 Å². The third-order valence-electron chi connectivity index (χ3n) is 4.89. The van der Waals surface area contributed by atoms with Crippen LogP contribution < -0.4 is 4.74 Å². The SMILES string of the molecule is COC(=O)/C=C/SC[C@@H](C)[C@@H]1CC[C@@H](C)C[C@H]1OC(=S)Oc1ccccc1. The summed E-state index contributed by atoms with van der Waals surface area (Å²) in [5, 5.41) is 1.99. The van der Waals surface area contributed by atoms with Crippen LogP contribution in [0.4, 0.5) is 0 Å². The van der Waals surface area contributed by atoms with Gasteiger partial charge < -0.3 is 14.2 Å². The molecule has 148 valence electrons. The maximum absolute atomic E-state index is 11.1. The Hall–Kier alpha value is -1.53. The molecule has 1 aliphatic rings. The summed E-state index contributed by atoms with van der Waals surface area (Å²) in [7, 11) is 1.38. The molecular formula is C21H28O4S2. The smallest absolute Gasteiger partial charge is 0.358 e. The molecule has 4 atom stereocenters. The molecule has 0 aromatic heterocycles. The fraction of sp³-hybridized carbons (Fsp3) is 0.524. The minimum absolute atomic E-state index is 0.0603. The number of para-hydroxylation sites is 1. The zero-order valence-corrected chi connectivity index (χ0v) is 17.8. The fourth-order valence-corrected chi connectivity index (χ4v) is 4.46. The van der Waals surface area contributed by atoms with Crippen molar-refractivity contribution in [2.75, 3.05) is 12.9 Å². The molecule has 0 amide bonds. The van der Waals surface area contributed by atoms with E-state index < -0.39 is 0 Å². The van der Waals surface area contributed by atoms with Gasteiger partial charge in [0.2, 0.25) is 0 Å². The Labute approximate surface area is 171 Å². The zero-order valence-electron chi connectivity index (χ0n) is 16.1. The van der Waals surface area contributed by atoms with E-state index in [1.165, 1.54) is 19.6 Å². The second-order valence-corrected chi connectivity index (χ2v) is 8.31. The first-order chi connectivity index (χ1) is 13.0. The highest BCUT2D eigenvalue weighted by atomic mass is 32.2. The van der Waals surface area contributed by atoms with Gasteiger partial charge in [-0.25, -0.2) is 4.79 Å². The predicted molar refractivity (Wildman–Crippen MR) is 114 cm³/mol. The lowest BCUT2D eigenvalue weighted by Crippen LogP contribution is -2.37. The number of esters is 1. The lowest BCUT2D eigenvalue weighted by Gasteiger charge is -2.37. The van der Waals surface area contributed by atoms with Crippen LogP contribution in [0.3, 0.4) is 0 Å². The maximum Gasteiger partial charge on any atom is 0.358 e. The van der Waals surface area contributed by atoms with Gasteiger partial charge in [0.15, 0.2) is 0 Å². The Morgan fingerprint density at radius 3 is 2.78 bits per heavy atom. The Morgan fingerprint density at radius 1 is 1.33 bits per heavy atom. The summed E-state index contributed by atoms with van der Waals surface area (Å²) < 4.78 is 16.3. The highest BCUT2D eigenvalue weighted by Gasteiger charge is 2.34. The molecule has 0 aliphatic heterocycles. The first kappa shape index (κ1) is 21.8. The van der Waals surface area contributed by atoms with Crippen LogP contribution in [0.5, 0.6) is 5.75 Å². The van der Waals surface area contributed by atoms with Gasteiger partial charge in [-0.15, -0.1) is 11.8 Å². The van der Waals surface area contributed by atoms with E-state index in [0.717, 1.165) is 18.6 Å². The number of benzene rings is 1. The standard InChI is InChI=1S/C21H28O4S2/c1-15-9-10-18(16(2)14-27-12-11-20(22)23-3)19(13-15)25-21(26)24-17-7-5-4-6-8-17/h4-8,11-12,15-16,18-19H,9-10,13-14H2,1-3H3/b12-11+/t15-,16-,18+,19-/m1/s1. The Morgan fingerprint density at radius 2 is 2.07 bits per heavy atom. The number of thiocarbonyl (C=S) groups is 1. The van der Waals surface area contributed by atoms with Gasteiger partial charge in [0.05, 0.1) is 7.11 Å². The Balaban J connectivity index is 1.89. The average Bonchev–Trinajstić information content (AvgIpc) is 2.65. The summed E-state index contributed by atoms with van der Waals surface area (Å²) >= 11 is 6.95. The Kier molecular flexibility index (Phi) is 9.15. The largest absolute Gasteiger partial charge is 0.466 e. The van der Waals surface area contributed by atoms with Gasteiger partial charge in [-0.3, -0.25) is 0 Å². The third kappa shape index (κ3) is 7.54. The van der Waals surface area contributed by atoms with Crippen molar-refractivity contribution in [3.63, 3.8) is 0 Å². The van der Waals surface area contributed by atoms with Gasteiger partial charge in [-0.05, 0) is 48.1 Å². The van der Waals surface area contributed by atoms with E-state index in [4.69, 9.17) is 21.7 Å². The minimum Gasteiger partial charge on any atom is -0.466 e. The van der Waals surface area contributed by atoms with Crippen LogP contribution in [0.1, 0.15) is 33.1 Å². The topological polar surface area (TPSA) is 44.8 Å². The van der Waals surface area contributed by atoms with Crippen molar-refractivity contribution in [2.45, 2.75) is 39.2 Å². The Bertz CT molecular complexity index is 632. The molecular weight excluding hydrogens is 380 g/mol. The minimum atomic E-state index is -0.328. The van der Waals surface area contributed by atoms with Gasteiger partial charge in [0.1, 0.15) is 11.9 Å². The van der Waals surface area contributed by atoms with Gasteiger partial charge >= 0.3 is 11.2 Å². The summed E-state index contributed by atoms with van der Waals surface area (Å²) in [5.41, 5.74) is 0. The van der Waals surface area contributed by atoms with E-state index >= 15 is 0 Å². The molecule has 0 radical (unpaired) electrons. The van der Waals surface area contributed by atoms with Gasteiger partial charge in [-0.1, -0.05) is 38.5 Å². The van der Waals surface area contributed by atoms with Crippen LogP contribution in [-0.4, -0.2) is 30.2 Å². The average molecular weight is 409 g/mol. The number of carbonyl (C=O) groups is 1. The lowest BCUT2D eigenvalue weighted by molar-refractivity contribution is -0.134. The zero-order chi connectivity index (χ0) is 19.6. The second kappa shape index (κ2) is 11.3. The highest BCUT2D eigenvalue weighted by molar-refractivity contribution is 8.02. The van der Waals surface area contributed by atoms with Crippen LogP contribution in [-0.2, 0) is 14.3 Å². The van der Waals surface area contributed by atoms with Crippen molar-refractivity contribution in [3.05, 3.63) is 41.8 Å². The molecule has 1 aromatic rings. The molecule has 2 rings (SSSR count). The van der Waals surface area contributed by atoms with E-state index in [-0.39, 0.29) is 17.3 Å². The van der Waals surface area contributed by atoms with Crippen LogP contribution in [0, 0.1) is 17.8 Å². The molecule has 1 aromatic carbocycles. The number of thioether (sulfide) groups is 1. The number of carbonyl (C=O) groups excluding carboxylic acids is 1. The van der Waals surface area contributed by atoms with Crippen LogP contribution >= 0.6 is 24.0 Å². The summed E-state index contributed by atoms with van der Waals surface area (Å²) in [6.45, 7) is 4.49. The van der Waals surface area contributed by atoms with Crippen LogP contribution in [0.15, 0.2) is 41.8 Å². The molecule has 4 nitrogen and oxygen atoms in total. The molecule has 0 N–H and O–H groups in total. The van der Waals surface area contributed by atoms with Crippen molar-refractivity contribution in [3.8, 4) is 5.75 Å². The maximum atomic E-state index is 11.1. The van der Waals surface area contributed by atoms with E-state index in [2.05, 4.69) is 18.6 Å². The van der Waals surface area contributed by atoms with Gasteiger partial charge in [-0.2, -0.15) is 0 Å². The molecule has 0 saturated heterocycles. The molecule has 1 fully saturated rings. The number of hydrogen-bond acceptors (Lipinski definition) is 6. The molecule has 0 bridgehead atoms. The molecule has 0 heterocycles. The summed E-state index contributed by atoms with van der Waals surface area (Å²) in [6, 6.07) is 9.48. The normalized spacial score (nSPS) is 23.6. The number of hydrogen-bond donors (Lipinski definition) is 0. The molecule has 27 heavy (non-hydrogen) atoms. The molecule has 0 unspecified atom stereocenters. The van der Waals surface area contributed by atoms with E-state index in [0.29, 0.717) is 23.5 Å². The summed E-state index contributed by atoms with van der Waals surface area (Å²) in [6.07, 6.45) is 4.81. The first-order valence-corrected chi connectivity index (χ1v) is 10.7. The number of methoxy groups -OCH3 is 1. The van der Waals surface area contributed by atoms with Crippen molar-refractivity contribution >= 4 is 35.2 Å². The van der Waals surface area contributed by atoms with E-state index in [9.17, 15) is 4.79 Å². The first-order valence-electron chi connectivity index (χ1n) is 9.29. The van der Waals surface area contributed by atoms with Crippen LogP contribution in [0.2, 0.25) is 0 Å². The van der Waals surface area contributed by atoms with Crippen molar-refractivity contribution < 1.29 is 19.0 Å². The monoisotopic (exact) mass is 408 g/mol. The van der Waals surface area contributed by atoms with E-state index in [1.807, 2.05) is 30.3 Å². The number of rotatable bonds is 7. The van der Waals surface area contributed by atoms with Crippen molar-refractivity contribution in [1.82, 2.24) is 0 Å². The van der Waals surface area contributed by atoms with Crippen LogP contribution in [0.25, 0.3) is 0 Å². The summed E-state index contributed by atoms with van der Waals surface area (Å²) in [4.78, 5) is 11.1. The quantitative estimate of drug-likeness (QED) is 0.350. The van der Waals surface area contributed by atoms with E-state index in [1.54, 1.807) is 17.2 Å². The third-order valence-corrected chi connectivity index (χ3v) is 6.11. The fourth-order valence-electron chi connectivity index (χ4n) is 3.37. The molecule has 0 spiro atoms. The molecule has 1 aliphatic carbocycles. The van der Waals surface area contributed by atoms with Gasteiger partial charge in [0.25, 0.3) is 0 Å². The molecule has 1 saturated carbocycles. The highest BCUT2D eigenvalue weighted by Crippen LogP contribution is 2.37. The second-order valence-electron chi connectivity index (χ2n) is 7.04. The number of ether oxygens (including phenoxy) is 3. The lowest BCUT2D eigenvalue weighted by atomic mass is 9.75. The molecule has 6 heteroatoms.